The molecule has 0 radical (unpaired) electrons. The van der Waals surface area contributed by atoms with Crippen molar-refractivity contribution in [2.45, 2.75) is 47.0 Å². The summed E-state index contributed by atoms with van der Waals surface area (Å²) in [5, 5.41) is 2.88. The van der Waals surface area contributed by atoms with Crippen molar-refractivity contribution < 1.29 is 4.79 Å². The van der Waals surface area contributed by atoms with Gasteiger partial charge in [-0.05, 0) is 44.9 Å². The highest BCUT2D eigenvalue weighted by Gasteiger charge is 2.04. The third kappa shape index (κ3) is 10.3. The summed E-state index contributed by atoms with van der Waals surface area (Å²) < 4.78 is 0. The van der Waals surface area contributed by atoms with Crippen LogP contribution >= 0.6 is 0 Å². The molecule has 19 heavy (non-hydrogen) atoms. The summed E-state index contributed by atoms with van der Waals surface area (Å²) in [7, 11) is 0. The van der Waals surface area contributed by atoms with Gasteiger partial charge in [0.25, 0.3) is 0 Å². The van der Waals surface area contributed by atoms with E-state index in [0.29, 0.717) is 24.0 Å². The Kier molecular flexibility index (Phi) is 8.94. The van der Waals surface area contributed by atoms with E-state index < -0.39 is 0 Å². The van der Waals surface area contributed by atoms with Crippen LogP contribution in [0.25, 0.3) is 0 Å². The van der Waals surface area contributed by atoms with Gasteiger partial charge >= 0.3 is 0 Å². The Labute approximate surface area is 118 Å². The third-order valence-electron chi connectivity index (χ3n) is 3.03. The minimum Gasteiger partial charge on any atom is -0.352 e. The standard InChI is InChI=1S/C17H29NO/c1-13(2)10-11-15(5)8-7-9-16(6)12-18-17(19)14(3)4/h7-8,15-16H,1,3,9-12H2,2,4-6H3,(H,18,19)/b8-7+. The van der Waals surface area contributed by atoms with Crippen molar-refractivity contribution in [3.8, 4) is 0 Å². The van der Waals surface area contributed by atoms with Crippen LogP contribution < -0.4 is 5.32 Å². The van der Waals surface area contributed by atoms with Gasteiger partial charge in [-0.3, -0.25) is 4.79 Å². The van der Waals surface area contributed by atoms with Crippen molar-refractivity contribution in [1.82, 2.24) is 5.32 Å². The molecule has 1 N–H and O–H groups in total. The summed E-state index contributed by atoms with van der Waals surface area (Å²) >= 11 is 0. The second kappa shape index (κ2) is 9.60. The number of rotatable bonds is 9. The van der Waals surface area contributed by atoms with E-state index >= 15 is 0 Å². The van der Waals surface area contributed by atoms with Gasteiger partial charge in [-0.2, -0.15) is 0 Å². The van der Waals surface area contributed by atoms with Crippen LogP contribution in [0.4, 0.5) is 0 Å². The topological polar surface area (TPSA) is 29.1 Å². The molecular weight excluding hydrogens is 234 g/mol. The minimum absolute atomic E-state index is 0.0503. The predicted octanol–water partition coefficient (Wildman–Crippen LogP) is 4.25. The molecule has 108 valence electrons. The number of hydrogen-bond acceptors (Lipinski definition) is 1. The van der Waals surface area contributed by atoms with E-state index in [1.807, 2.05) is 0 Å². The monoisotopic (exact) mass is 263 g/mol. The molecule has 0 bridgehead atoms. The van der Waals surface area contributed by atoms with E-state index in [0.717, 1.165) is 19.3 Å². The van der Waals surface area contributed by atoms with Crippen molar-refractivity contribution in [3.05, 3.63) is 36.5 Å². The molecule has 2 unspecified atom stereocenters. The van der Waals surface area contributed by atoms with E-state index in [4.69, 9.17) is 0 Å². The van der Waals surface area contributed by atoms with Gasteiger partial charge in [0, 0.05) is 12.1 Å². The summed E-state index contributed by atoms with van der Waals surface area (Å²) in [5.41, 5.74) is 1.81. The van der Waals surface area contributed by atoms with E-state index in [9.17, 15) is 4.79 Å². The largest absolute Gasteiger partial charge is 0.352 e. The van der Waals surface area contributed by atoms with Crippen LogP contribution in [0.1, 0.15) is 47.0 Å². The maximum absolute atomic E-state index is 11.3. The Bertz CT molecular complexity index is 341. The second-order valence-electron chi connectivity index (χ2n) is 5.73. The average molecular weight is 263 g/mol. The van der Waals surface area contributed by atoms with Crippen LogP contribution in [-0.2, 0) is 4.79 Å². The molecule has 0 saturated heterocycles. The van der Waals surface area contributed by atoms with Gasteiger partial charge in [0.05, 0.1) is 0 Å². The van der Waals surface area contributed by atoms with Gasteiger partial charge in [0.15, 0.2) is 0 Å². The molecule has 0 aromatic rings. The van der Waals surface area contributed by atoms with Crippen LogP contribution in [0.2, 0.25) is 0 Å². The predicted molar refractivity (Wildman–Crippen MR) is 84.0 cm³/mol. The summed E-state index contributed by atoms with van der Waals surface area (Å²) in [6.45, 7) is 16.4. The summed E-state index contributed by atoms with van der Waals surface area (Å²) in [6, 6.07) is 0. The SMILES string of the molecule is C=C(C)CCC(C)/C=C/CC(C)CNC(=O)C(=C)C. The molecule has 0 saturated carbocycles. The van der Waals surface area contributed by atoms with Crippen molar-refractivity contribution in [2.75, 3.05) is 6.54 Å². The van der Waals surface area contributed by atoms with Gasteiger partial charge < -0.3 is 5.32 Å². The van der Waals surface area contributed by atoms with Crippen molar-refractivity contribution in [2.24, 2.45) is 11.8 Å². The smallest absolute Gasteiger partial charge is 0.246 e. The molecule has 2 atom stereocenters. The van der Waals surface area contributed by atoms with Gasteiger partial charge in [-0.1, -0.05) is 38.2 Å². The quantitative estimate of drug-likeness (QED) is 0.489. The molecule has 0 spiro atoms. The fourth-order valence-corrected chi connectivity index (χ4v) is 1.61. The molecular formula is C17H29NO. The zero-order chi connectivity index (χ0) is 14.8. The van der Waals surface area contributed by atoms with E-state index in [2.05, 4.69) is 51.4 Å². The first kappa shape index (κ1) is 17.7. The summed E-state index contributed by atoms with van der Waals surface area (Å²) in [4.78, 5) is 11.3. The van der Waals surface area contributed by atoms with Gasteiger partial charge in [0.2, 0.25) is 5.91 Å². The van der Waals surface area contributed by atoms with Crippen LogP contribution in [0, 0.1) is 11.8 Å². The highest BCUT2D eigenvalue weighted by Crippen LogP contribution is 2.12. The lowest BCUT2D eigenvalue weighted by Gasteiger charge is -2.11. The summed E-state index contributed by atoms with van der Waals surface area (Å²) in [6.07, 6.45) is 7.73. The van der Waals surface area contributed by atoms with Crippen molar-refractivity contribution in [1.29, 1.82) is 0 Å². The Hall–Kier alpha value is -1.31. The number of amides is 1. The average Bonchev–Trinajstić information content (AvgIpc) is 2.33. The fraction of sp³-hybridized carbons (Fsp3) is 0.588. The minimum atomic E-state index is -0.0503. The summed E-state index contributed by atoms with van der Waals surface area (Å²) in [5.74, 6) is 0.993. The van der Waals surface area contributed by atoms with Crippen LogP contribution in [-0.4, -0.2) is 12.5 Å². The number of hydrogen-bond donors (Lipinski definition) is 1. The molecule has 0 heterocycles. The Balaban J connectivity index is 3.82. The lowest BCUT2D eigenvalue weighted by atomic mass is 10.0. The molecule has 2 heteroatoms. The molecule has 0 aromatic heterocycles. The zero-order valence-corrected chi connectivity index (χ0v) is 13.0. The first-order valence-electron chi connectivity index (χ1n) is 7.07. The molecule has 2 nitrogen and oxygen atoms in total. The van der Waals surface area contributed by atoms with Crippen LogP contribution in [0.5, 0.6) is 0 Å². The van der Waals surface area contributed by atoms with Gasteiger partial charge in [-0.25, -0.2) is 0 Å². The highest BCUT2D eigenvalue weighted by atomic mass is 16.1. The Morgan fingerprint density at radius 2 is 1.89 bits per heavy atom. The van der Waals surface area contributed by atoms with Crippen molar-refractivity contribution >= 4 is 5.91 Å². The lowest BCUT2D eigenvalue weighted by Crippen LogP contribution is -2.28. The first-order chi connectivity index (χ1) is 8.82. The fourth-order valence-electron chi connectivity index (χ4n) is 1.61. The molecule has 0 rings (SSSR count). The normalized spacial score (nSPS) is 14.1. The molecule has 0 aliphatic carbocycles. The van der Waals surface area contributed by atoms with Crippen molar-refractivity contribution in [3.63, 3.8) is 0 Å². The van der Waals surface area contributed by atoms with Gasteiger partial charge in [-0.15, -0.1) is 6.58 Å². The lowest BCUT2D eigenvalue weighted by molar-refractivity contribution is -0.117. The number of nitrogens with one attached hydrogen (secondary N) is 1. The molecule has 0 aromatic carbocycles. The Morgan fingerprint density at radius 3 is 2.42 bits per heavy atom. The first-order valence-corrected chi connectivity index (χ1v) is 7.07. The second-order valence-corrected chi connectivity index (χ2v) is 5.73. The number of carbonyl (C=O) groups is 1. The Morgan fingerprint density at radius 1 is 1.26 bits per heavy atom. The zero-order valence-electron chi connectivity index (χ0n) is 13.0. The third-order valence-corrected chi connectivity index (χ3v) is 3.03. The number of carbonyl (C=O) groups excluding carboxylic acids is 1. The maximum atomic E-state index is 11.3. The molecule has 0 fully saturated rings. The molecule has 0 aliphatic rings. The molecule has 0 aliphatic heterocycles. The molecule has 1 amide bonds. The van der Waals surface area contributed by atoms with Crippen LogP contribution in [0.3, 0.4) is 0 Å². The van der Waals surface area contributed by atoms with Gasteiger partial charge in [0.1, 0.15) is 0 Å². The highest BCUT2D eigenvalue weighted by molar-refractivity contribution is 5.92. The maximum Gasteiger partial charge on any atom is 0.246 e. The van der Waals surface area contributed by atoms with E-state index in [1.165, 1.54) is 5.57 Å². The number of allylic oxidation sites excluding steroid dienone is 3. The van der Waals surface area contributed by atoms with E-state index in [1.54, 1.807) is 6.92 Å². The van der Waals surface area contributed by atoms with E-state index in [-0.39, 0.29) is 5.91 Å². The van der Waals surface area contributed by atoms with Crippen LogP contribution in [0.15, 0.2) is 36.5 Å².